The number of unbranched alkanes of at least 4 members (excludes halogenated alkanes) is 9. The fourth-order valence-corrected chi connectivity index (χ4v) is 4.57. The van der Waals surface area contributed by atoms with E-state index in [0.717, 1.165) is 18.7 Å². The van der Waals surface area contributed by atoms with Crippen LogP contribution >= 0.6 is 0 Å². The molecule has 0 amide bonds. The topological polar surface area (TPSA) is 35.5 Å². The zero-order valence-corrected chi connectivity index (χ0v) is 23.2. The molecular weight excluding hydrogens is 446 g/mol. The molecule has 0 saturated heterocycles. The minimum absolute atomic E-state index is 0.158. The Morgan fingerprint density at radius 2 is 1.36 bits per heavy atom. The van der Waals surface area contributed by atoms with Crippen molar-refractivity contribution in [3.05, 3.63) is 65.7 Å². The zero-order valence-electron chi connectivity index (χ0n) is 23.2. The van der Waals surface area contributed by atoms with E-state index in [2.05, 4.69) is 51.4 Å². The second-order valence-corrected chi connectivity index (χ2v) is 10.7. The van der Waals surface area contributed by atoms with Crippen LogP contribution in [0.4, 0.5) is 0 Å². The number of carbonyl (C=O) groups excluding carboxylic acids is 1. The number of nitrogens with zero attached hydrogens (tertiary/aromatic N) is 1. The van der Waals surface area contributed by atoms with Crippen molar-refractivity contribution < 1.29 is 18.8 Å². The number of hydrogen-bond donors (Lipinski definition) is 0. The van der Waals surface area contributed by atoms with Crippen LogP contribution in [-0.2, 0) is 22.5 Å². The molecule has 200 valence electrons. The van der Waals surface area contributed by atoms with Gasteiger partial charge in [0.25, 0.3) is 0 Å². The first-order chi connectivity index (χ1) is 17.5. The molecule has 4 heteroatoms. The SMILES string of the molecule is CCCCCCCCCCCCc1cccc(OCCCOC(=O)C[N+](C)(C)Cc2ccccc2)c1. The average Bonchev–Trinajstić information content (AvgIpc) is 2.85. The third-order valence-corrected chi connectivity index (χ3v) is 6.55. The Morgan fingerprint density at radius 1 is 0.722 bits per heavy atom. The predicted octanol–water partition coefficient (Wildman–Crippen LogP) is 7.74. The molecule has 2 aromatic rings. The third-order valence-electron chi connectivity index (χ3n) is 6.55. The van der Waals surface area contributed by atoms with Crippen LogP contribution in [-0.4, -0.2) is 44.3 Å². The second-order valence-electron chi connectivity index (χ2n) is 10.7. The van der Waals surface area contributed by atoms with Crippen molar-refractivity contribution in [2.24, 2.45) is 0 Å². The Balaban J connectivity index is 1.52. The fourth-order valence-electron chi connectivity index (χ4n) is 4.57. The highest BCUT2D eigenvalue weighted by atomic mass is 16.5. The molecule has 2 aromatic carbocycles. The van der Waals surface area contributed by atoms with Gasteiger partial charge in [-0.15, -0.1) is 0 Å². The number of carbonyl (C=O) groups is 1. The number of likely N-dealkylation sites (N-methyl/N-ethyl adjacent to an activating group) is 1. The summed E-state index contributed by atoms with van der Waals surface area (Å²) >= 11 is 0. The maximum absolute atomic E-state index is 12.3. The summed E-state index contributed by atoms with van der Waals surface area (Å²) in [6.07, 6.45) is 15.4. The maximum Gasteiger partial charge on any atom is 0.361 e. The van der Waals surface area contributed by atoms with E-state index in [4.69, 9.17) is 9.47 Å². The summed E-state index contributed by atoms with van der Waals surface area (Å²) in [7, 11) is 4.11. The predicted molar refractivity (Wildman–Crippen MR) is 150 cm³/mol. The van der Waals surface area contributed by atoms with Crippen molar-refractivity contribution in [1.82, 2.24) is 0 Å². The zero-order chi connectivity index (χ0) is 25.9. The van der Waals surface area contributed by atoms with Crippen LogP contribution in [0.15, 0.2) is 54.6 Å². The quantitative estimate of drug-likeness (QED) is 0.107. The largest absolute Gasteiger partial charge is 0.493 e. The smallest absolute Gasteiger partial charge is 0.361 e. The third kappa shape index (κ3) is 14.3. The molecule has 2 rings (SSSR count). The van der Waals surface area contributed by atoms with E-state index in [9.17, 15) is 4.79 Å². The first kappa shape index (κ1) is 29.9. The Labute approximate surface area is 220 Å². The summed E-state index contributed by atoms with van der Waals surface area (Å²) < 4.78 is 11.9. The molecule has 0 aromatic heterocycles. The summed E-state index contributed by atoms with van der Waals surface area (Å²) in [6, 6.07) is 18.7. The van der Waals surface area contributed by atoms with Gasteiger partial charge in [-0.05, 0) is 30.5 Å². The summed E-state index contributed by atoms with van der Waals surface area (Å²) in [5.74, 6) is 0.751. The van der Waals surface area contributed by atoms with Gasteiger partial charge >= 0.3 is 5.97 Å². The van der Waals surface area contributed by atoms with E-state index in [1.54, 1.807) is 0 Å². The molecule has 0 N–H and O–H groups in total. The lowest BCUT2D eigenvalue weighted by Crippen LogP contribution is -2.43. The summed E-state index contributed by atoms with van der Waals surface area (Å²) in [6.45, 7) is 4.38. The van der Waals surface area contributed by atoms with Crippen LogP contribution in [0.1, 0.15) is 88.7 Å². The summed E-state index contributed by atoms with van der Waals surface area (Å²) in [5, 5.41) is 0. The Kier molecular flexibility index (Phi) is 14.9. The molecule has 4 nitrogen and oxygen atoms in total. The molecule has 0 fully saturated rings. The van der Waals surface area contributed by atoms with E-state index in [1.165, 1.54) is 75.3 Å². The number of rotatable bonds is 20. The normalized spacial score (nSPS) is 11.4. The highest BCUT2D eigenvalue weighted by Crippen LogP contribution is 2.17. The number of hydrogen-bond acceptors (Lipinski definition) is 3. The van der Waals surface area contributed by atoms with Gasteiger partial charge in [0.1, 0.15) is 12.3 Å². The fraction of sp³-hybridized carbons (Fsp3) is 0.594. The molecule has 0 heterocycles. The summed E-state index contributed by atoms with van der Waals surface area (Å²) in [4.78, 5) is 12.3. The van der Waals surface area contributed by atoms with E-state index in [0.29, 0.717) is 30.7 Å². The minimum atomic E-state index is -0.158. The van der Waals surface area contributed by atoms with Gasteiger partial charge in [0.05, 0.1) is 27.3 Å². The highest BCUT2D eigenvalue weighted by Gasteiger charge is 2.21. The van der Waals surface area contributed by atoms with Crippen LogP contribution in [0.5, 0.6) is 5.75 Å². The van der Waals surface area contributed by atoms with Gasteiger partial charge < -0.3 is 14.0 Å². The highest BCUT2D eigenvalue weighted by molar-refractivity contribution is 5.70. The monoisotopic (exact) mass is 496 g/mol. The van der Waals surface area contributed by atoms with Crippen molar-refractivity contribution in [1.29, 1.82) is 0 Å². The van der Waals surface area contributed by atoms with Crippen molar-refractivity contribution >= 4 is 5.97 Å². The summed E-state index contributed by atoms with van der Waals surface area (Å²) in [5.41, 5.74) is 2.57. The Bertz CT molecular complexity index is 834. The molecule has 0 aliphatic carbocycles. The maximum atomic E-state index is 12.3. The van der Waals surface area contributed by atoms with Gasteiger partial charge in [0.2, 0.25) is 0 Å². The average molecular weight is 497 g/mol. The number of aryl methyl sites for hydroxylation is 1. The van der Waals surface area contributed by atoms with Gasteiger partial charge in [-0.25, -0.2) is 4.79 Å². The second kappa shape index (κ2) is 18.0. The van der Waals surface area contributed by atoms with Gasteiger partial charge in [0.15, 0.2) is 6.54 Å². The van der Waals surface area contributed by atoms with Gasteiger partial charge in [-0.3, -0.25) is 0 Å². The molecule has 0 spiro atoms. The van der Waals surface area contributed by atoms with E-state index in [1.807, 2.05) is 24.3 Å². The molecule has 36 heavy (non-hydrogen) atoms. The lowest BCUT2D eigenvalue weighted by atomic mass is 10.0. The number of quaternary nitrogens is 1. The molecule has 0 atom stereocenters. The van der Waals surface area contributed by atoms with Crippen LogP contribution in [0.3, 0.4) is 0 Å². The molecular formula is C32H50NO3+. The molecule has 0 aliphatic rings. The molecule has 0 radical (unpaired) electrons. The lowest BCUT2D eigenvalue weighted by molar-refractivity contribution is -0.896. The van der Waals surface area contributed by atoms with Crippen molar-refractivity contribution in [3.8, 4) is 5.75 Å². The van der Waals surface area contributed by atoms with Crippen LogP contribution < -0.4 is 4.74 Å². The number of benzene rings is 2. The van der Waals surface area contributed by atoms with Crippen LogP contribution in [0.2, 0.25) is 0 Å². The van der Waals surface area contributed by atoms with Crippen LogP contribution in [0.25, 0.3) is 0 Å². The van der Waals surface area contributed by atoms with Crippen molar-refractivity contribution in [2.75, 3.05) is 33.9 Å². The first-order valence-electron chi connectivity index (χ1n) is 14.2. The van der Waals surface area contributed by atoms with E-state index >= 15 is 0 Å². The Hall–Kier alpha value is -2.33. The first-order valence-corrected chi connectivity index (χ1v) is 14.2. The van der Waals surface area contributed by atoms with Gasteiger partial charge in [-0.1, -0.05) is 107 Å². The van der Waals surface area contributed by atoms with Crippen molar-refractivity contribution in [3.63, 3.8) is 0 Å². The molecule has 0 bridgehead atoms. The lowest BCUT2D eigenvalue weighted by Gasteiger charge is -2.28. The van der Waals surface area contributed by atoms with Gasteiger partial charge in [0, 0.05) is 12.0 Å². The molecule has 0 unspecified atom stereocenters. The minimum Gasteiger partial charge on any atom is -0.493 e. The van der Waals surface area contributed by atoms with Gasteiger partial charge in [-0.2, -0.15) is 0 Å². The van der Waals surface area contributed by atoms with E-state index in [-0.39, 0.29) is 5.97 Å². The molecule has 0 saturated carbocycles. The number of esters is 1. The number of ether oxygens (including phenoxy) is 2. The Morgan fingerprint density at radius 3 is 2.06 bits per heavy atom. The molecule has 0 aliphatic heterocycles. The van der Waals surface area contributed by atoms with Crippen molar-refractivity contribution in [2.45, 2.75) is 90.5 Å². The standard InChI is InChI=1S/C32H50NO3/c1-4-5-6-7-8-9-10-11-12-14-19-29-22-17-23-31(26-29)35-24-18-25-36-32(34)28-33(2,3)27-30-20-15-13-16-21-30/h13,15-17,20-23,26H,4-12,14,18-19,24-25,27-28H2,1-3H3/q+1. The van der Waals surface area contributed by atoms with Crippen LogP contribution in [0, 0.1) is 0 Å². The van der Waals surface area contributed by atoms with E-state index < -0.39 is 0 Å².